The molecule has 0 aliphatic carbocycles. The Morgan fingerprint density at radius 1 is 1.55 bits per heavy atom. The minimum Gasteiger partial charge on any atom is -0.284 e. The van der Waals surface area contributed by atoms with Crippen molar-refractivity contribution in [2.24, 2.45) is 0 Å². The summed E-state index contributed by atoms with van der Waals surface area (Å²) in [5.74, 6) is 7.37. The molecule has 1 heteroatoms. The van der Waals surface area contributed by atoms with E-state index in [-0.39, 0.29) is 12.2 Å². The molecular weight excluding hydrogens is 136 g/mol. The van der Waals surface area contributed by atoms with Crippen molar-refractivity contribution < 1.29 is 4.79 Å². The van der Waals surface area contributed by atoms with E-state index in [0.717, 1.165) is 19.3 Å². The molecule has 0 fully saturated rings. The number of carbonyl (C=O) groups excluding carboxylic acids is 1. The second kappa shape index (κ2) is 6.90. The highest BCUT2D eigenvalue weighted by atomic mass is 16.1. The van der Waals surface area contributed by atoms with Crippen LogP contribution in [-0.2, 0) is 4.79 Å². The van der Waals surface area contributed by atoms with Crippen molar-refractivity contribution in [3.8, 4) is 24.2 Å². The maximum atomic E-state index is 10.7. The van der Waals surface area contributed by atoms with Gasteiger partial charge in [-0.1, -0.05) is 25.2 Å². The largest absolute Gasteiger partial charge is 0.284 e. The molecule has 0 saturated carbocycles. The molecular formula is C10H12O. The first kappa shape index (κ1) is 9.79. The molecule has 0 bridgehead atoms. The first-order valence-corrected chi connectivity index (χ1v) is 3.76. The van der Waals surface area contributed by atoms with Crippen LogP contribution in [0.3, 0.4) is 0 Å². The average Bonchev–Trinajstić information content (AvgIpc) is 1.99. The zero-order chi connectivity index (χ0) is 8.53. The van der Waals surface area contributed by atoms with Crippen LogP contribution in [0.4, 0.5) is 0 Å². The van der Waals surface area contributed by atoms with Crippen molar-refractivity contribution in [1.82, 2.24) is 0 Å². The molecule has 1 nitrogen and oxygen atoms in total. The molecule has 0 spiro atoms. The first-order chi connectivity index (χ1) is 5.31. The summed E-state index contributed by atoms with van der Waals surface area (Å²) >= 11 is 0. The lowest BCUT2D eigenvalue weighted by molar-refractivity contribution is -0.112. The number of hydrogen-bond donors (Lipinski definition) is 0. The fraction of sp³-hybridized carbons (Fsp3) is 0.500. The summed E-state index contributed by atoms with van der Waals surface area (Å²) in [6.45, 7) is 2.09. The normalized spacial score (nSPS) is 7.64. The molecule has 0 aromatic rings. The van der Waals surface area contributed by atoms with Gasteiger partial charge in [0, 0.05) is 6.42 Å². The summed E-state index contributed by atoms with van der Waals surface area (Å²) in [7, 11) is 0. The van der Waals surface area contributed by atoms with Crippen LogP contribution in [0, 0.1) is 24.2 Å². The van der Waals surface area contributed by atoms with E-state index < -0.39 is 0 Å². The van der Waals surface area contributed by atoms with Gasteiger partial charge in [-0.15, -0.1) is 6.42 Å². The van der Waals surface area contributed by atoms with Crippen LogP contribution < -0.4 is 0 Å². The van der Waals surface area contributed by atoms with Crippen LogP contribution in [0.2, 0.25) is 0 Å². The number of rotatable bonds is 3. The van der Waals surface area contributed by atoms with Gasteiger partial charge in [0.05, 0.1) is 6.42 Å². The Kier molecular flexibility index (Phi) is 6.14. The molecule has 0 aliphatic heterocycles. The number of terminal acetylenes is 1. The number of carbonyl (C=O) groups is 1. The molecule has 0 aromatic heterocycles. The van der Waals surface area contributed by atoms with Gasteiger partial charge in [0.25, 0.3) is 0 Å². The van der Waals surface area contributed by atoms with E-state index in [4.69, 9.17) is 6.42 Å². The third-order valence-electron chi connectivity index (χ3n) is 1.15. The summed E-state index contributed by atoms with van der Waals surface area (Å²) < 4.78 is 0. The molecule has 0 N–H and O–H groups in total. The minimum atomic E-state index is -0.149. The summed E-state index contributed by atoms with van der Waals surface area (Å²) in [4.78, 5) is 10.7. The maximum Gasteiger partial charge on any atom is 0.217 e. The fourth-order valence-electron chi connectivity index (χ4n) is 0.563. The summed E-state index contributed by atoms with van der Waals surface area (Å²) in [6.07, 6.45) is 8.02. The molecule has 0 unspecified atom stereocenters. The molecule has 0 heterocycles. The van der Waals surface area contributed by atoms with Gasteiger partial charge >= 0.3 is 0 Å². The third-order valence-corrected chi connectivity index (χ3v) is 1.15. The smallest absolute Gasteiger partial charge is 0.217 e. The Morgan fingerprint density at radius 2 is 2.27 bits per heavy atom. The van der Waals surface area contributed by atoms with Crippen molar-refractivity contribution in [1.29, 1.82) is 0 Å². The van der Waals surface area contributed by atoms with Crippen molar-refractivity contribution in [3.05, 3.63) is 0 Å². The van der Waals surface area contributed by atoms with E-state index >= 15 is 0 Å². The standard InChI is InChI=1S/C10H12O/c1-3-5-6-7-9-10(11)8-4-2/h2H,3,5-6,8H2,1H3. The number of ketones is 1. The lowest BCUT2D eigenvalue weighted by Gasteiger charge is -1.83. The topological polar surface area (TPSA) is 17.1 Å². The molecule has 0 rings (SSSR count). The van der Waals surface area contributed by atoms with Crippen LogP contribution >= 0.6 is 0 Å². The van der Waals surface area contributed by atoms with E-state index in [2.05, 4.69) is 24.7 Å². The molecule has 0 saturated heterocycles. The predicted molar refractivity (Wildman–Crippen MR) is 45.8 cm³/mol. The molecule has 0 amide bonds. The van der Waals surface area contributed by atoms with Gasteiger partial charge in [0.2, 0.25) is 5.78 Å². The van der Waals surface area contributed by atoms with Crippen molar-refractivity contribution >= 4 is 5.78 Å². The van der Waals surface area contributed by atoms with Gasteiger partial charge in [0.1, 0.15) is 0 Å². The average molecular weight is 148 g/mol. The van der Waals surface area contributed by atoms with Crippen LogP contribution in [0.5, 0.6) is 0 Å². The summed E-state index contributed by atoms with van der Waals surface area (Å²) in [5.41, 5.74) is 0. The lowest BCUT2D eigenvalue weighted by atomic mass is 10.2. The Labute approximate surface area is 68.2 Å². The van der Waals surface area contributed by atoms with Crippen molar-refractivity contribution in [3.63, 3.8) is 0 Å². The third kappa shape index (κ3) is 6.68. The zero-order valence-electron chi connectivity index (χ0n) is 6.81. The molecule has 0 aromatic carbocycles. The molecule has 11 heavy (non-hydrogen) atoms. The van der Waals surface area contributed by atoms with Gasteiger partial charge < -0.3 is 0 Å². The van der Waals surface area contributed by atoms with Crippen LogP contribution in [0.25, 0.3) is 0 Å². The quantitative estimate of drug-likeness (QED) is 0.338. The number of Topliss-reactive ketones (excluding diaryl/α,β-unsaturated/α-hetero) is 1. The van der Waals surface area contributed by atoms with E-state index in [0.29, 0.717) is 0 Å². The van der Waals surface area contributed by atoms with Gasteiger partial charge in [-0.25, -0.2) is 0 Å². The highest BCUT2D eigenvalue weighted by Crippen LogP contribution is 1.90. The zero-order valence-corrected chi connectivity index (χ0v) is 6.81. The second-order valence-electron chi connectivity index (χ2n) is 2.21. The first-order valence-electron chi connectivity index (χ1n) is 3.76. The predicted octanol–water partition coefficient (Wildman–Crippen LogP) is 1.77. The van der Waals surface area contributed by atoms with E-state index in [9.17, 15) is 4.79 Å². The maximum absolute atomic E-state index is 10.7. The Balaban J connectivity index is 3.53. The van der Waals surface area contributed by atoms with Gasteiger partial charge in [0.15, 0.2) is 0 Å². The van der Waals surface area contributed by atoms with Gasteiger partial charge in [-0.2, -0.15) is 0 Å². The van der Waals surface area contributed by atoms with E-state index in [1.807, 2.05) is 0 Å². The highest BCUT2D eigenvalue weighted by molar-refractivity contribution is 5.96. The van der Waals surface area contributed by atoms with Gasteiger partial charge in [-0.3, -0.25) is 4.79 Å². The fourth-order valence-corrected chi connectivity index (χ4v) is 0.563. The summed E-state index contributed by atoms with van der Waals surface area (Å²) in [5, 5.41) is 0. The Hall–Kier alpha value is -1.21. The molecule has 0 atom stereocenters. The monoisotopic (exact) mass is 148 g/mol. The Bertz CT molecular complexity index is 209. The second-order valence-corrected chi connectivity index (χ2v) is 2.21. The van der Waals surface area contributed by atoms with E-state index in [1.165, 1.54) is 0 Å². The number of unbranched alkanes of at least 4 members (excludes halogenated alkanes) is 2. The van der Waals surface area contributed by atoms with Crippen LogP contribution in [0.15, 0.2) is 0 Å². The van der Waals surface area contributed by atoms with Crippen molar-refractivity contribution in [2.75, 3.05) is 0 Å². The van der Waals surface area contributed by atoms with E-state index in [1.54, 1.807) is 0 Å². The number of hydrogen-bond acceptors (Lipinski definition) is 1. The minimum absolute atomic E-state index is 0.138. The SMILES string of the molecule is C#CCC(=O)C#CCCCC. The van der Waals surface area contributed by atoms with Crippen LogP contribution in [0.1, 0.15) is 32.6 Å². The highest BCUT2D eigenvalue weighted by Gasteiger charge is 1.89. The molecule has 58 valence electrons. The van der Waals surface area contributed by atoms with Crippen molar-refractivity contribution in [2.45, 2.75) is 32.6 Å². The van der Waals surface area contributed by atoms with Crippen LogP contribution in [-0.4, -0.2) is 5.78 Å². The molecule has 0 radical (unpaired) electrons. The lowest BCUT2D eigenvalue weighted by Crippen LogP contribution is -1.89. The summed E-state index contributed by atoms with van der Waals surface area (Å²) in [6, 6.07) is 0. The van der Waals surface area contributed by atoms with Gasteiger partial charge in [-0.05, 0) is 12.3 Å². The molecule has 0 aliphatic rings. The Morgan fingerprint density at radius 3 is 2.82 bits per heavy atom.